The van der Waals surface area contributed by atoms with Gasteiger partial charge in [0.05, 0.1) is 23.9 Å². The van der Waals surface area contributed by atoms with Gasteiger partial charge in [-0.15, -0.1) is 13.2 Å². The van der Waals surface area contributed by atoms with E-state index < -0.39 is 22.4 Å². The van der Waals surface area contributed by atoms with Crippen molar-refractivity contribution in [3.05, 3.63) is 84.6 Å². The number of nitrogens with zero attached hydrogens (tertiary/aromatic N) is 1. The number of nitrogens with one attached hydrogen (secondary N) is 1. The monoisotopic (exact) mass is 504 g/mol. The van der Waals surface area contributed by atoms with Gasteiger partial charge in [-0.05, 0) is 35.4 Å². The lowest BCUT2D eigenvalue weighted by Crippen LogP contribution is -2.20. The molecule has 0 unspecified atom stereocenters. The van der Waals surface area contributed by atoms with Crippen LogP contribution < -0.4 is 14.3 Å². The Balaban J connectivity index is 1.53. The number of hydrogen-bond donors (Lipinski definition) is 1. The van der Waals surface area contributed by atoms with Crippen molar-refractivity contribution in [2.75, 3.05) is 11.0 Å². The van der Waals surface area contributed by atoms with Crippen LogP contribution in [0.15, 0.2) is 79.0 Å². The van der Waals surface area contributed by atoms with Crippen LogP contribution in [0.1, 0.15) is 5.56 Å². The molecule has 35 heavy (non-hydrogen) atoms. The number of hydrogen-bond acceptors (Lipinski definition) is 5. The zero-order valence-corrected chi connectivity index (χ0v) is 19.1. The van der Waals surface area contributed by atoms with E-state index in [1.807, 2.05) is 0 Å². The third-order valence-electron chi connectivity index (χ3n) is 4.89. The van der Waals surface area contributed by atoms with Gasteiger partial charge in [0.15, 0.2) is 0 Å². The molecule has 3 aromatic carbocycles. The fraction of sp³-hybridized carbons (Fsp3) is 0.125. The minimum atomic E-state index is -4.84. The minimum absolute atomic E-state index is 0.156. The summed E-state index contributed by atoms with van der Waals surface area (Å²) in [4.78, 5) is 18.0. The van der Waals surface area contributed by atoms with E-state index in [1.165, 1.54) is 29.1 Å². The summed E-state index contributed by atoms with van der Waals surface area (Å²) in [5.74, 6) is -0.974. The SMILES string of the molecule is CS(=O)(=O)Nc1cccc2c1ccn2OC(=O)Cc1cccc(-c2ccccc2OC(F)(F)F)c1. The van der Waals surface area contributed by atoms with Gasteiger partial charge in [-0.2, -0.15) is 4.73 Å². The molecule has 0 aliphatic rings. The second kappa shape index (κ2) is 9.34. The molecular formula is C24H19F3N2O5S. The average molecular weight is 504 g/mol. The summed E-state index contributed by atoms with van der Waals surface area (Å²) in [5.41, 5.74) is 2.00. The zero-order valence-electron chi connectivity index (χ0n) is 18.2. The van der Waals surface area contributed by atoms with E-state index in [9.17, 15) is 26.4 Å². The van der Waals surface area contributed by atoms with Crippen LogP contribution in [-0.4, -0.2) is 31.7 Å². The number of rotatable bonds is 7. The van der Waals surface area contributed by atoms with Crippen LogP contribution in [0, 0.1) is 0 Å². The Kier molecular flexibility index (Phi) is 6.44. The molecule has 0 saturated carbocycles. The Labute approximate surface area is 198 Å². The normalized spacial score (nSPS) is 11.9. The van der Waals surface area contributed by atoms with Gasteiger partial charge in [0.25, 0.3) is 0 Å². The van der Waals surface area contributed by atoms with E-state index in [0.717, 1.165) is 6.26 Å². The molecular weight excluding hydrogens is 485 g/mol. The lowest BCUT2D eigenvalue weighted by Gasteiger charge is -2.14. The molecule has 1 N–H and O–H groups in total. The molecule has 0 radical (unpaired) electrons. The second-order valence-electron chi connectivity index (χ2n) is 7.64. The fourth-order valence-corrected chi connectivity index (χ4v) is 4.16. The van der Waals surface area contributed by atoms with E-state index in [-0.39, 0.29) is 17.7 Å². The van der Waals surface area contributed by atoms with Gasteiger partial charge in [-0.3, -0.25) is 4.72 Å². The highest BCUT2D eigenvalue weighted by Crippen LogP contribution is 2.34. The van der Waals surface area contributed by atoms with Crippen LogP contribution in [0.4, 0.5) is 18.9 Å². The van der Waals surface area contributed by atoms with Crippen LogP contribution in [0.25, 0.3) is 22.0 Å². The lowest BCUT2D eigenvalue weighted by molar-refractivity contribution is -0.274. The molecule has 1 aromatic heterocycles. The van der Waals surface area contributed by atoms with Crippen LogP contribution in [0.3, 0.4) is 0 Å². The van der Waals surface area contributed by atoms with E-state index in [0.29, 0.717) is 27.7 Å². The maximum Gasteiger partial charge on any atom is 0.573 e. The van der Waals surface area contributed by atoms with Crippen molar-refractivity contribution in [1.82, 2.24) is 4.73 Å². The van der Waals surface area contributed by atoms with Crippen molar-refractivity contribution in [2.24, 2.45) is 0 Å². The Bertz CT molecular complexity index is 1500. The number of aromatic nitrogens is 1. The number of halogens is 3. The first-order chi connectivity index (χ1) is 16.5. The van der Waals surface area contributed by atoms with Gasteiger partial charge >= 0.3 is 12.3 Å². The number of carbonyl (C=O) groups is 1. The fourth-order valence-electron chi connectivity index (χ4n) is 3.59. The number of ether oxygens (including phenoxy) is 1. The van der Waals surface area contributed by atoms with Gasteiger partial charge in [0.1, 0.15) is 5.75 Å². The lowest BCUT2D eigenvalue weighted by atomic mass is 10.0. The molecule has 4 aromatic rings. The third kappa shape index (κ3) is 6.12. The largest absolute Gasteiger partial charge is 0.573 e. The van der Waals surface area contributed by atoms with E-state index in [2.05, 4.69) is 9.46 Å². The number of benzene rings is 3. The van der Waals surface area contributed by atoms with Gasteiger partial charge in [0, 0.05) is 17.1 Å². The smallest absolute Gasteiger partial charge is 0.405 e. The Morgan fingerprint density at radius 2 is 1.74 bits per heavy atom. The summed E-state index contributed by atoms with van der Waals surface area (Å²) in [7, 11) is -3.50. The summed E-state index contributed by atoms with van der Waals surface area (Å²) in [5, 5.41) is 0.536. The summed E-state index contributed by atoms with van der Waals surface area (Å²) in [6, 6.07) is 18.7. The molecule has 11 heteroatoms. The number of fused-ring (bicyclic) bond motifs is 1. The van der Waals surface area contributed by atoms with Crippen molar-refractivity contribution in [1.29, 1.82) is 0 Å². The number of para-hydroxylation sites is 1. The average Bonchev–Trinajstić information content (AvgIpc) is 3.16. The molecule has 7 nitrogen and oxygen atoms in total. The molecule has 0 saturated heterocycles. The number of carbonyl (C=O) groups excluding carboxylic acids is 1. The first kappa shape index (κ1) is 24.1. The minimum Gasteiger partial charge on any atom is -0.405 e. The Morgan fingerprint density at radius 1 is 1.00 bits per heavy atom. The quantitative estimate of drug-likeness (QED) is 0.392. The zero-order chi connectivity index (χ0) is 25.2. The van der Waals surface area contributed by atoms with Gasteiger partial charge in [0.2, 0.25) is 10.0 Å². The number of anilines is 1. The molecule has 0 spiro atoms. The summed E-state index contributed by atoms with van der Waals surface area (Å²) >= 11 is 0. The molecule has 4 rings (SSSR count). The maximum atomic E-state index is 12.8. The van der Waals surface area contributed by atoms with E-state index >= 15 is 0 Å². The van der Waals surface area contributed by atoms with Gasteiger partial charge in [-0.25, -0.2) is 13.2 Å². The third-order valence-corrected chi connectivity index (χ3v) is 5.48. The number of alkyl halides is 3. The van der Waals surface area contributed by atoms with E-state index in [1.54, 1.807) is 54.6 Å². The summed E-state index contributed by atoms with van der Waals surface area (Å²) < 4.78 is 69.2. The van der Waals surface area contributed by atoms with Crippen molar-refractivity contribution in [3.63, 3.8) is 0 Å². The maximum absolute atomic E-state index is 12.8. The van der Waals surface area contributed by atoms with E-state index in [4.69, 9.17) is 4.84 Å². The highest BCUT2D eigenvalue weighted by Gasteiger charge is 2.32. The summed E-state index contributed by atoms with van der Waals surface area (Å²) in [6.45, 7) is 0. The van der Waals surface area contributed by atoms with Crippen molar-refractivity contribution < 1.29 is 36.0 Å². The molecule has 0 aliphatic heterocycles. The molecule has 0 aliphatic carbocycles. The molecule has 0 bridgehead atoms. The predicted molar refractivity (Wildman–Crippen MR) is 124 cm³/mol. The first-order valence-electron chi connectivity index (χ1n) is 10.2. The Hall–Kier alpha value is -3.99. The van der Waals surface area contributed by atoms with Crippen LogP contribution in [0.5, 0.6) is 5.75 Å². The van der Waals surface area contributed by atoms with Gasteiger partial charge < -0.3 is 9.57 Å². The topological polar surface area (TPSA) is 86.6 Å². The highest BCUT2D eigenvalue weighted by atomic mass is 32.2. The molecule has 0 fully saturated rings. The van der Waals surface area contributed by atoms with Crippen LogP contribution in [-0.2, 0) is 21.2 Å². The second-order valence-corrected chi connectivity index (χ2v) is 9.39. The molecule has 0 amide bonds. The molecule has 1 heterocycles. The van der Waals surface area contributed by atoms with Crippen molar-refractivity contribution >= 4 is 32.6 Å². The molecule has 0 atom stereocenters. The highest BCUT2D eigenvalue weighted by molar-refractivity contribution is 7.92. The van der Waals surface area contributed by atoms with Crippen LogP contribution >= 0.6 is 0 Å². The number of sulfonamides is 1. The summed E-state index contributed by atoms with van der Waals surface area (Å²) in [6.07, 6.45) is -2.48. The Morgan fingerprint density at radius 3 is 2.49 bits per heavy atom. The van der Waals surface area contributed by atoms with Crippen LogP contribution in [0.2, 0.25) is 0 Å². The first-order valence-corrected chi connectivity index (χ1v) is 12.1. The van der Waals surface area contributed by atoms with Crippen molar-refractivity contribution in [3.8, 4) is 16.9 Å². The van der Waals surface area contributed by atoms with Gasteiger partial charge in [-0.1, -0.05) is 48.5 Å². The molecule has 182 valence electrons. The predicted octanol–water partition coefficient (Wildman–Crippen LogP) is 4.78. The standard InChI is InChI=1S/C24H19F3N2O5S/c1-35(31,32)28-20-9-5-10-21-19(20)12-13-29(21)34-23(30)15-16-6-4-7-17(14-16)18-8-2-3-11-22(18)33-24(25,26)27/h2-14,28H,15H2,1H3. The van der Waals surface area contributed by atoms with Crippen molar-refractivity contribution in [2.45, 2.75) is 12.8 Å².